The molecule has 0 aromatic heterocycles. The van der Waals surface area contributed by atoms with E-state index in [-0.39, 0.29) is 11.8 Å². The Morgan fingerprint density at radius 2 is 1.37 bits per heavy atom. The first kappa shape index (κ1) is 25.6. The second kappa shape index (κ2) is 9.67. The summed E-state index contributed by atoms with van der Waals surface area (Å²) in [4.78, 5) is 0. The van der Waals surface area contributed by atoms with Crippen LogP contribution in [-0.2, 0) is 5.41 Å². The number of benzene rings is 6. The fraction of sp³-hybridized carbons (Fsp3) is 0.0667. The van der Waals surface area contributed by atoms with Crippen LogP contribution in [-0.4, -0.2) is 0 Å². The van der Waals surface area contributed by atoms with Gasteiger partial charge in [0, 0.05) is 17.1 Å². The summed E-state index contributed by atoms with van der Waals surface area (Å²) in [6.07, 6.45) is 11.4. The van der Waals surface area contributed by atoms with Crippen LogP contribution in [0.4, 0.5) is 0 Å². The molecule has 3 atom stereocenters. The third-order valence-corrected chi connectivity index (χ3v) is 10.5. The van der Waals surface area contributed by atoms with E-state index in [1.807, 2.05) is 0 Å². The minimum absolute atomic E-state index is 0.172. The molecule has 4 aliphatic rings. The van der Waals surface area contributed by atoms with E-state index < -0.39 is 5.41 Å². The summed E-state index contributed by atoms with van der Waals surface area (Å²) in [6, 6.07) is 51.3. The van der Waals surface area contributed by atoms with E-state index in [9.17, 15) is 0 Å². The van der Waals surface area contributed by atoms with Crippen LogP contribution < -0.4 is 4.74 Å². The number of para-hydroxylation sites is 1. The van der Waals surface area contributed by atoms with Crippen LogP contribution in [0.3, 0.4) is 0 Å². The molecule has 10 rings (SSSR count). The average molecular weight is 587 g/mol. The van der Waals surface area contributed by atoms with Gasteiger partial charge in [0.1, 0.15) is 11.5 Å². The minimum atomic E-state index is -0.474. The van der Waals surface area contributed by atoms with Crippen molar-refractivity contribution >= 4 is 21.9 Å². The molecule has 0 bridgehead atoms. The fourth-order valence-electron chi connectivity index (χ4n) is 8.63. The average Bonchev–Trinajstić information content (AvgIpc) is 3.44. The lowest BCUT2D eigenvalue weighted by Gasteiger charge is -2.38. The van der Waals surface area contributed by atoms with Gasteiger partial charge < -0.3 is 4.74 Å². The van der Waals surface area contributed by atoms with Crippen molar-refractivity contribution in [3.8, 4) is 16.9 Å². The van der Waals surface area contributed by atoms with Gasteiger partial charge in [0.05, 0.1) is 11.3 Å². The van der Waals surface area contributed by atoms with E-state index in [2.05, 4.69) is 170 Å². The highest BCUT2D eigenvalue weighted by atomic mass is 16.5. The van der Waals surface area contributed by atoms with Crippen LogP contribution in [0.1, 0.15) is 33.4 Å². The molecule has 1 heteroatoms. The maximum absolute atomic E-state index is 6.83. The van der Waals surface area contributed by atoms with E-state index in [1.165, 1.54) is 60.9 Å². The minimum Gasteiger partial charge on any atom is -0.460 e. The Labute approximate surface area is 269 Å². The van der Waals surface area contributed by atoms with Crippen molar-refractivity contribution in [3.05, 3.63) is 209 Å². The molecule has 0 radical (unpaired) electrons. The number of fused-ring (bicyclic) bond motifs is 7. The molecule has 0 saturated carbocycles. The highest BCUT2D eigenvalue weighted by Gasteiger charge is 2.47. The zero-order valence-corrected chi connectivity index (χ0v) is 25.2. The third-order valence-electron chi connectivity index (χ3n) is 10.5. The van der Waals surface area contributed by atoms with Crippen molar-refractivity contribution < 1.29 is 4.74 Å². The molecule has 3 unspecified atom stereocenters. The Kier molecular flexibility index (Phi) is 5.39. The summed E-state index contributed by atoms with van der Waals surface area (Å²) < 4.78 is 6.83. The standard InChI is InChI=1S/C45H30O/c1-2-15-32(16-3-1)45(39-22-8-6-20-38(39)43-34-18-5-4-12-29(34)25-27-40(43)45)33-17-10-14-31(28-33)35-26-24-30-13-11-21-37-36-19-7-9-23-41(36)46-44(35)42(30)37/h1-28,30,42H. The van der Waals surface area contributed by atoms with Gasteiger partial charge >= 0.3 is 0 Å². The SMILES string of the molecule is C1=CC2C=CC(c3cccc(C4(c5ccccc5)c5ccccc5-c5c4ccc4ccccc54)c3)=C3Oc4ccccc4C(=C1)C32. The van der Waals surface area contributed by atoms with Gasteiger partial charge in [-0.25, -0.2) is 0 Å². The molecule has 0 amide bonds. The van der Waals surface area contributed by atoms with Gasteiger partial charge in [-0.2, -0.15) is 0 Å². The zero-order chi connectivity index (χ0) is 30.2. The summed E-state index contributed by atoms with van der Waals surface area (Å²) in [5.41, 5.74) is 12.2. The normalized spacial score (nSPS) is 21.6. The van der Waals surface area contributed by atoms with Gasteiger partial charge in [0.25, 0.3) is 0 Å². The van der Waals surface area contributed by atoms with Gasteiger partial charge in [-0.3, -0.25) is 0 Å². The highest BCUT2D eigenvalue weighted by Crippen LogP contribution is 2.58. The molecule has 0 fully saturated rings. The Bertz CT molecular complexity index is 2350. The summed E-state index contributed by atoms with van der Waals surface area (Å²) in [5, 5.41) is 2.56. The summed E-state index contributed by atoms with van der Waals surface area (Å²) in [7, 11) is 0. The molecule has 1 aliphatic heterocycles. The lowest BCUT2D eigenvalue weighted by molar-refractivity contribution is 0.344. The first-order valence-corrected chi connectivity index (χ1v) is 16.2. The Hall–Kier alpha value is -5.66. The summed E-state index contributed by atoms with van der Waals surface area (Å²) in [6.45, 7) is 0. The van der Waals surface area contributed by atoms with Crippen molar-refractivity contribution in [1.29, 1.82) is 0 Å². The van der Waals surface area contributed by atoms with Gasteiger partial charge in [-0.05, 0) is 67.4 Å². The quantitative estimate of drug-likeness (QED) is 0.200. The zero-order valence-electron chi connectivity index (χ0n) is 25.2. The summed E-state index contributed by atoms with van der Waals surface area (Å²) >= 11 is 0. The first-order chi connectivity index (χ1) is 22.8. The van der Waals surface area contributed by atoms with Crippen molar-refractivity contribution in [3.63, 3.8) is 0 Å². The molecule has 46 heavy (non-hydrogen) atoms. The van der Waals surface area contributed by atoms with Crippen molar-refractivity contribution in [2.24, 2.45) is 11.8 Å². The molecule has 1 nitrogen and oxygen atoms in total. The Morgan fingerprint density at radius 3 is 2.30 bits per heavy atom. The van der Waals surface area contributed by atoms with Crippen molar-refractivity contribution in [1.82, 2.24) is 0 Å². The van der Waals surface area contributed by atoms with E-state index in [1.54, 1.807) is 0 Å². The number of hydrogen-bond donors (Lipinski definition) is 0. The molecule has 216 valence electrons. The number of rotatable bonds is 3. The van der Waals surface area contributed by atoms with E-state index in [0.29, 0.717) is 0 Å². The Balaban J connectivity index is 1.25. The van der Waals surface area contributed by atoms with Crippen LogP contribution in [0.5, 0.6) is 5.75 Å². The number of allylic oxidation sites excluding steroid dienone is 7. The van der Waals surface area contributed by atoms with E-state index >= 15 is 0 Å². The molecule has 0 saturated heterocycles. The van der Waals surface area contributed by atoms with Crippen LogP contribution >= 0.6 is 0 Å². The van der Waals surface area contributed by atoms with E-state index in [4.69, 9.17) is 4.74 Å². The van der Waals surface area contributed by atoms with Gasteiger partial charge in [-0.1, -0.05) is 158 Å². The topological polar surface area (TPSA) is 9.23 Å². The lowest BCUT2D eigenvalue weighted by atomic mass is 9.67. The van der Waals surface area contributed by atoms with Crippen LogP contribution in [0.15, 0.2) is 176 Å². The fourth-order valence-corrected chi connectivity index (χ4v) is 8.63. The molecule has 6 aromatic rings. The highest BCUT2D eigenvalue weighted by molar-refractivity contribution is 6.04. The molecule has 3 aliphatic carbocycles. The number of ether oxygens (including phenoxy) is 1. The molecule has 1 heterocycles. The van der Waals surface area contributed by atoms with Crippen LogP contribution in [0.25, 0.3) is 33.0 Å². The molecular formula is C45H30O. The smallest absolute Gasteiger partial charge is 0.134 e. The lowest BCUT2D eigenvalue weighted by Crippen LogP contribution is -2.29. The van der Waals surface area contributed by atoms with E-state index in [0.717, 1.165) is 17.1 Å². The van der Waals surface area contributed by atoms with Crippen LogP contribution in [0, 0.1) is 11.8 Å². The second-order valence-electron chi connectivity index (χ2n) is 12.7. The predicted molar refractivity (Wildman–Crippen MR) is 188 cm³/mol. The van der Waals surface area contributed by atoms with Crippen LogP contribution in [0.2, 0.25) is 0 Å². The molecular weight excluding hydrogens is 556 g/mol. The predicted octanol–water partition coefficient (Wildman–Crippen LogP) is 10.8. The maximum Gasteiger partial charge on any atom is 0.134 e. The summed E-state index contributed by atoms with van der Waals surface area (Å²) in [5.74, 6) is 2.44. The van der Waals surface area contributed by atoms with Gasteiger partial charge in [-0.15, -0.1) is 0 Å². The molecule has 0 N–H and O–H groups in total. The second-order valence-corrected chi connectivity index (χ2v) is 12.7. The third kappa shape index (κ3) is 3.40. The van der Waals surface area contributed by atoms with Crippen molar-refractivity contribution in [2.45, 2.75) is 5.41 Å². The van der Waals surface area contributed by atoms with Gasteiger partial charge in [0.15, 0.2) is 0 Å². The number of hydrogen-bond acceptors (Lipinski definition) is 1. The largest absolute Gasteiger partial charge is 0.460 e. The maximum atomic E-state index is 6.83. The first-order valence-electron chi connectivity index (χ1n) is 16.2. The molecule has 6 aromatic carbocycles. The molecule has 0 spiro atoms. The monoisotopic (exact) mass is 586 g/mol. The Morgan fingerprint density at radius 1 is 0.587 bits per heavy atom. The van der Waals surface area contributed by atoms with Crippen molar-refractivity contribution in [2.75, 3.05) is 0 Å². The van der Waals surface area contributed by atoms with Gasteiger partial charge in [0.2, 0.25) is 0 Å².